The summed E-state index contributed by atoms with van der Waals surface area (Å²) in [6.45, 7) is 0.416. The molecule has 0 aromatic heterocycles. The van der Waals surface area contributed by atoms with Crippen molar-refractivity contribution in [2.75, 3.05) is 20.8 Å². The number of carbonyl (C=O) groups is 3. The molecular formula is C17H19NO5. The number of methoxy groups -OCH3 is 2. The second-order valence-corrected chi connectivity index (χ2v) is 5.10. The van der Waals surface area contributed by atoms with E-state index >= 15 is 0 Å². The first-order chi connectivity index (χ1) is 11.1. The minimum Gasteiger partial charge on any atom is -0.468 e. The highest BCUT2D eigenvalue weighted by atomic mass is 16.5. The number of esters is 2. The third-order valence-corrected chi connectivity index (χ3v) is 3.76. The molecule has 1 aromatic rings. The summed E-state index contributed by atoms with van der Waals surface area (Å²) in [7, 11) is 2.41. The Bertz CT molecular complexity index is 595. The Morgan fingerprint density at radius 3 is 2.26 bits per heavy atom. The number of ether oxygens (including phenoxy) is 2. The fourth-order valence-corrected chi connectivity index (χ4v) is 2.61. The number of carbonyl (C=O) groups excluding carboxylic acids is 3. The fourth-order valence-electron chi connectivity index (χ4n) is 2.61. The van der Waals surface area contributed by atoms with E-state index in [0.717, 1.165) is 0 Å². The number of amides is 1. The predicted octanol–water partition coefficient (Wildman–Crippen LogP) is 1.42. The van der Waals surface area contributed by atoms with E-state index in [0.29, 0.717) is 18.5 Å². The van der Waals surface area contributed by atoms with Crippen LogP contribution in [0.4, 0.5) is 0 Å². The maximum Gasteiger partial charge on any atom is 0.322 e. The molecule has 1 aromatic carbocycles. The van der Waals surface area contributed by atoms with Crippen LogP contribution in [0.15, 0.2) is 42.5 Å². The first-order valence-corrected chi connectivity index (χ1v) is 7.28. The van der Waals surface area contributed by atoms with Gasteiger partial charge in [-0.05, 0) is 18.6 Å². The molecule has 1 aliphatic heterocycles. The van der Waals surface area contributed by atoms with Crippen LogP contribution in [-0.4, -0.2) is 49.6 Å². The van der Waals surface area contributed by atoms with Crippen LogP contribution >= 0.6 is 0 Å². The first kappa shape index (κ1) is 16.7. The first-order valence-electron chi connectivity index (χ1n) is 7.28. The van der Waals surface area contributed by atoms with Crippen LogP contribution in [0.2, 0.25) is 0 Å². The number of benzene rings is 1. The number of hydrogen-bond acceptors (Lipinski definition) is 5. The highest BCUT2D eigenvalue weighted by Gasteiger charge is 2.41. The molecule has 0 aliphatic carbocycles. The SMILES string of the molecule is COC(=O)C(C(=O)OC)C1C=CCCN1C(=O)c1ccccc1. The lowest BCUT2D eigenvalue weighted by Crippen LogP contribution is -2.50. The van der Waals surface area contributed by atoms with Crippen LogP contribution in [-0.2, 0) is 19.1 Å². The lowest BCUT2D eigenvalue weighted by Gasteiger charge is -2.35. The third kappa shape index (κ3) is 3.59. The Kier molecular flexibility index (Phi) is 5.51. The maximum absolute atomic E-state index is 12.7. The van der Waals surface area contributed by atoms with Crippen molar-refractivity contribution < 1.29 is 23.9 Å². The van der Waals surface area contributed by atoms with Gasteiger partial charge in [-0.3, -0.25) is 14.4 Å². The van der Waals surface area contributed by atoms with E-state index in [1.54, 1.807) is 30.3 Å². The molecule has 0 N–H and O–H groups in total. The predicted molar refractivity (Wildman–Crippen MR) is 82.5 cm³/mol. The van der Waals surface area contributed by atoms with Gasteiger partial charge in [-0.25, -0.2) is 0 Å². The topological polar surface area (TPSA) is 72.9 Å². The molecule has 1 heterocycles. The van der Waals surface area contributed by atoms with Crippen molar-refractivity contribution in [2.45, 2.75) is 12.5 Å². The van der Waals surface area contributed by atoms with Crippen molar-refractivity contribution in [1.82, 2.24) is 4.90 Å². The molecule has 23 heavy (non-hydrogen) atoms. The van der Waals surface area contributed by atoms with E-state index in [-0.39, 0.29) is 5.91 Å². The zero-order chi connectivity index (χ0) is 16.8. The smallest absolute Gasteiger partial charge is 0.322 e. The quantitative estimate of drug-likeness (QED) is 0.477. The molecule has 0 radical (unpaired) electrons. The van der Waals surface area contributed by atoms with Crippen molar-refractivity contribution in [1.29, 1.82) is 0 Å². The molecule has 2 rings (SSSR count). The van der Waals surface area contributed by atoms with Crippen LogP contribution < -0.4 is 0 Å². The highest BCUT2D eigenvalue weighted by Crippen LogP contribution is 2.23. The summed E-state index contributed by atoms with van der Waals surface area (Å²) >= 11 is 0. The molecular weight excluding hydrogens is 298 g/mol. The lowest BCUT2D eigenvalue weighted by molar-refractivity contribution is -0.160. The van der Waals surface area contributed by atoms with E-state index in [9.17, 15) is 14.4 Å². The minimum absolute atomic E-state index is 0.238. The Labute approximate surface area is 134 Å². The monoisotopic (exact) mass is 317 g/mol. The lowest BCUT2D eigenvalue weighted by atomic mass is 9.94. The largest absolute Gasteiger partial charge is 0.468 e. The average molecular weight is 317 g/mol. The molecule has 6 heteroatoms. The van der Waals surface area contributed by atoms with Crippen LogP contribution in [0, 0.1) is 5.92 Å². The molecule has 122 valence electrons. The average Bonchev–Trinajstić information content (AvgIpc) is 2.62. The van der Waals surface area contributed by atoms with Gasteiger partial charge in [-0.1, -0.05) is 30.4 Å². The van der Waals surface area contributed by atoms with E-state index in [2.05, 4.69) is 0 Å². The zero-order valence-corrected chi connectivity index (χ0v) is 13.1. The second-order valence-electron chi connectivity index (χ2n) is 5.10. The fraction of sp³-hybridized carbons (Fsp3) is 0.353. The van der Waals surface area contributed by atoms with Gasteiger partial charge in [0.15, 0.2) is 5.92 Å². The highest BCUT2D eigenvalue weighted by molar-refractivity contribution is 5.99. The summed E-state index contributed by atoms with van der Waals surface area (Å²) in [4.78, 5) is 38.3. The van der Waals surface area contributed by atoms with E-state index < -0.39 is 23.9 Å². The molecule has 6 nitrogen and oxygen atoms in total. The summed E-state index contributed by atoms with van der Waals surface area (Å²) in [5.74, 6) is -2.88. The molecule has 0 saturated carbocycles. The number of rotatable bonds is 4. The van der Waals surface area contributed by atoms with Gasteiger partial charge in [0.25, 0.3) is 5.91 Å². The Morgan fingerprint density at radius 2 is 1.70 bits per heavy atom. The molecule has 1 unspecified atom stereocenters. The van der Waals surface area contributed by atoms with Crippen LogP contribution in [0.5, 0.6) is 0 Å². The Morgan fingerprint density at radius 1 is 1.09 bits per heavy atom. The van der Waals surface area contributed by atoms with Crippen molar-refractivity contribution in [3.8, 4) is 0 Å². The Hall–Kier alpha value is -2.63. The van der Waals surface area contributed by atoms with Gasteiger partial charge in [0.2, 0.25) is 0 Å². The van der Waals surface area contributed by atoms with Crippen LogP contribution in [0.3, 0.4) is 0 Å². The number of hydrogen-bond donors (Lipinski definition) is 0. The van der Waals surface area contributed by atoms with E-state index in [1.807, 2.05) is 12.1 Å². The van der Waals surface area contributed by atoms with E-state index in [1.165, 1.54) is 19.1 Å². The molecule has 1 atom stereocenters. The standard InChI is InChI=1S/C17H19NO5/c1-22-16(20)14(17(21)23-2)13-10-6-7-11-18(13)15(19)12-8-4-3-5-9-12/h3-6,8-10,13-14H,7,11H2,1-2H3. The molecule has 1 amide bonds. The van der Waals surface area contributed by atoms with Gasteiger partial charge in [0.1, 0.15) is 0 Å². The van der Waals surface area contributed by atoms with E-state index in [4.69, 9.17) is 9.47 Å². The molecule has 0 bridgehead atoms. The van der Waals surface area contributed by atoms with Gasteiger partial charge in [-0.15, -0.1) is 0 Å². The van der Waals surface area contributed by atoms with Gasteiger partial charge in [0.05, 0.1) is 20.3 Å². The summed E-state index contributed by atoms with van der Waals surface area (Å²) in [6, 6.07) is 8.01. The van der Waals surface area contributed by atoms with Crippen molar-refractivity contribution in [2.24, 2.45) is 5.92 Å². The van der Waals surface area contributed by atoms with Crippen LogP contribution in [0.1, 0.15) is 16.8 Å². The van der Waals surface area contributed by atoms with Gasteiger partial charge < -0.3 is 14.4 Å². The summed E-state index contributed by atoms with van der Waals surface area (Å²) in [5, 5.41) is 0. The second kappa shape index (κ2) is 7.58. The van der Waals surface area contributed by atoms with Gasteiger partial charge in [0, 0.05) is 12.1 Å². The summed E-state index contributed by atoms with van der Waals surface area (Å²) in [6.07, 6.45) is 4.19. The number of nitrogens with zero attached hydrogens (tertiary/aromatic N) is 1. The normalized spacial score (nSPS) is 17.0. The zero-order valence-electron chi connectivity index (χ0n) is 13.1. The van der Waals surface area contributed by atoms with Crippen molar-refractivity contribution in [3.63, 3.8) is 0 Å². The molecule has 1 aliphatic rings. The van der Waals surface area contributed by atoms with Crippen LogP contribution in [0.25, 0.3) is 0 Å². The molecule has 0 spiro atoms. The van der Waals surface area contributed by atoms with Gasteiger partial charge in [-0.2, -0.15) is 0 Å². The summed E-state index contributed by atoms with van der Waals surface area (Å²) < 4.78 is 9.42. The van der Waals surface area contributed by atoms with Gasteiger partial charge >= 0.3 is 11.9 Å². The van der Waals surface area contributed by atoms with Crippen molar-refractivity contribution in [3.05, 3.63) is 48.0 Å². The van der Waals surface area contributed by atoms with Crippen molar-refractivity contribution >= 4 is 17.8 Å². The molecule has 0 saturated heterocycles. The summed E-state index contributed by atoms with van der Waals surface area (Å²) in [5.41, 5.74) is 0.501. The minimum atomic E-state index is -1.20. The Balaban J connectivity index is 2.34. The molecule has 0 fully saturated rings. The maximum atomic E-state index is 12.7. The third-order valence-electron chi connectivity index (χ3n) is 3.76.